The van der Waals surface area contributed by atoms with Crippen LogP contribution in [0.4, 0.5) is 0 Å². The molecule has 1 amide bonds. The molecule has 2 aliphatic rings. The number of piperidine rings is 1. The second kappa shape index (κ2) is 11.6. The Morgan fingerprint density at radius 3 is 2.66 bits per heavy atom. The highest BCUT2D eigenvalue weighted by Crippen LogP contribution is 2.29. The highest BCUT2D eigenvalue weighted by molar-refractivity contribution is 5.85. The molecule has 6 heteroatoms. The first kappa shape index (κ1) is 24.9. The molecule has 0 spiro atoms. The van der Waals surface area contributed by atoms with E-state index in [2.05, 4.69) is 75.5 Å². The third kappa shape index (κ3) is 5.70. The van der Waals surface area contributed by atoms with Crippen LogP contribution in [0.5, 0.6) is 0 Å². The van der Waals surface area contributed by atoms with Crippen molar-refractivity contribution in [2.24, 2.45) is 5.92 Å². The van der Waals surface area contributed by atoms with Gasteiger partial charge in [0.1, 0.15) is 6.23 Å². The minimum Gasteiger partial charge on any atom is -0.357 e. The minimum absolute atomic E-state index is 0.0679. The SMILES string of the molecule is O=C(CCCc1ccccc1)N1CCC(Cn2ccc3cc(-c4cnn(C5CCCCO5)c4)ccc32)CC1. The number of ether oxygens (including phenoxy) is 1. The molecule has 1 unspecified atom stereocenters. The van der Waals surface area contributed by atoms with Gasteiger partial charge >= 0.3 is 0 Å². The molecule has 1 atom stereocenters. The van der Waals surface area contributed by atoms with Crippen LogP contribution in [0, 0.1) is 5.92 Å². The van der Waals surface area contributed by atoms with Crippen LogP contribution in [-0.4, -0.2) is 44.9 Å². The molecule has 2 aromatic heterocycles. The Hall–Kier alpha value is -3.38. The van der Waals surface area contributed by atoms with Crippen molar-refractivity contribution in [3.05, 3.63) is 78.8 Å². The summed E-state index contributed by atoms with van der Waals surface area (Å²) in [4.78, 5) is 14.8. The Morgan fingerprint density at radius 1 is 0.974 bits per heavy atom. The highest BCUT2D eigenvalue weighted by atomic mass is 16.5. The largest absolute Gasteiger partial charge is 0.357 e. The van der Waals surface area contributed by atoms with Gasteiger partial charge in [0.25, 0.3) is 0 Å². The molecule has 6 nitrogen and oxygen atoms in total. The van der Waals surface area contributed by atoms with Gasteiger partial charge in [0, 0.05) is 61.5 Å². The summed E-state index contributed by atoms with van der Waals surface area (Å²) in [5, 5.41) is 5.85. The van der Waals surface area contributed by atoms with Crippen molar-refractivity contribution in [2.75, 3.05) is 19.7 Å². The zero-order valence-electron chi connectivity index (χ0n) is 22.2. The Morgan fingerprint density at radius 2 is 1.84 bits per heavy atom. The van der Waals surface area contributed by atoms with E-state index >= 15 is 0 Å². The maximum Gasteiger partial charge on any atom is 0.222 e. The van der Waals surface area contributed by atoms with E-state index in [4.69, 9.17) is 4.74 Å². The van der Waals surface area contributed by atoms with E-state index in [1.54, 1.807) is 0 Å². The molecule has 2 fully saturated rings. The van der Waals surface area contributed by atoms with Gasteiger partial charge in [0.05, 0.1) is 6.20 Å². The smallest absolute Gasteiger partial charge is 0.222 e. The second-order valence-corrected chi connectivity index (χ2v) is 10.9. The van der Waals surface area contributed by atoms with Gasteiger partial charge in [-0.05, 0) is 80.2 Å². The molecule has 0 N–H and O–H groups in total. The van der Waals surface area contributed by atoms with Gasteiger partial charge in [0.2, 0.25) is 5.91 Å². The van der Waals surface area contributed by atoms with Gasteiger partial charge in [-0.2, -0.15) is 5.10 Å². The molecular formula is C32H38N4O2. The topological polar surface area (TPSA) is 52.3 Å². The van der Waals surface area contributed by atoms with Crippen molar-refractivity contribution < 1.29 is 9.53 Å². The molecule has 2 aliphatic heterocycles. The quantitative estimate of drug-likeness (QED) is 0.273. The summed E-state index contributed by atoms with van der Waals surface area (Å²) in [5.41, 5.74) is 4.91. The van der Waals surface area contributed by atoms with Crippen molar-refractivity contribution in [1.29, 1.82) is 0 Å². The Bertz CT molecular complexity index is 1340. The second-order valence-electron chi connectivity index (χ2n) is 10.9. The Balaban J connectivity index is 1.02. The predicted octanol–water partition coefficient (Wildman–Crippen LogP) is 6.47. The maximum atomic E-state index is 12.7. The molecule has 0 aliphatic carbocycles. The molecule has 2 saturated heterocycles. The van der Waals surface area contributed by atoms with E-state index in [-0.39, 0.29) is 6.23 Å². The lowest BCUT2D eigenvalue weighted by atomic mass is 9.96. The average molecular weight is 511 g/mol. The first-order valence-corrected chi connectivity index (χ1v) is 14.3. The van der Waals surface area contributed by atoms with Gasteiger partial charge in [-0.3, -0.25) is 4.79 Å². The molecule has 0 bridgehead atoms. The molecule has 198 valence electrons. The lowest BCUT2D eigenvalue weighted by molar-refractivity contribution is -0.132. The lowest BCUT2D eigenvalue weighted by Gasteiger charge is -2.32. The maximum absolute atomic E-state index is 12.7. The molecule has 0 saturated carbocycles. The van der Waals surface area contributed by atoms with Gasteiger partial charge in [0.15, 0.2) is 0 Å². The number of carbonyl (C=O) groups excluding carboxylic acids is 1. The fourth-order valence-corrected chi connectivity index (χ4v) is 6.01. The van der Waals surface area contributed by atoms with E-state index in [0.717, 1.165) is 70.3 Å². The monoisotopic (exact) mass is 510 g/mol. The molecule has 6 rings (SSSR count). The molecular weight excluding hydrogens is 472 g/mol. The number of fused-ring (bicyclic) bond motifs is 1. The first-order valence-electron chi connectivity index (χ1n) is 14.3. The number of amides is 1. The van der Waals surface area contributed by atoms with Crippen molar-refractivity contribution in [3.63, 3.8) is 0 Å². The number of rotatable bonds is 8. The van der Waals surface area contributed by atoms with Crippen LogP contribution in [0.15, 0.2) is 73.2 Å². The molecule has 4 heterocycles. The summed E-state index contributed by atoms with van der Waals surface area (Å²) in [5.74, 6) is 0.920. The van der Waals surface area contributed by atoms with E-state index in [9.17, 15) is 4.79 Å². The molecule has 38 heavy (non-hydrogen) atoms. The average Bonchev–Trinajstić information content (AvgIpc) is 3.62. The van der Waals surface area contributed by atoms with E-state index < -0.39 is 0 Å². The number of likely N-dealkylation sites (tertiary alicyclic amines) is 1. The number of nitrogens with zero attached hydrogens (tertiary/aromatic N) is 4. The van der Waals surface area contributed by atoms with Gasteiger partial charge in [-0.1, -0.05) is 36.4 Å². The first-order chi connectivity index (χ1) is 18.7. The summed E-state index contributed by atoms with van der Waals surface area (Å²) in [7, 11) is 0. The fraction of sp³-hybridized carbons (Fsp3) is 0.438. The minimum atomic E-state index is 0.0679. The summed E-state index contributed by atoms with van der Waals surface area (Å²) in [6, 6.07) is 19.4. The highest BCUT2D eigenvalue weighted by Gasteiger charge is 2.23. The third-order valence-electron chi connectivity index (χ3n) is 8.28. The van der Waals surface area contributed by atoms with E-state index in [1.807, 2.05) is 16.9 Å². The number of benzene rings is 2. The normalized spacial score (nSPS) is 18.7. The van der Waals surface area contributed by atoms with Crippen molar-refractivity contribution >= 4 is 16.8 Å². The summed E-state index contributed by atoms with van der Waals surface area (Å²) in [6.07, 6.45) is 14.4. The van der Waals surface area contributed by atoms with Crippen molar-refractivity contribution in [2.45, 2.75) is 64.1 Å². The summed E-state index contributed by atoms with van der Waals surface area (Å²) in [6.45, 7) is 3.60. The van der Waals surface area contributed by atoms with Gasteiger partial charge < -0.3 is 14.2 Å². The van der Waals surface area contributed by atoms with E-state index in [0.29, 0.717) is 18.2 Å². The van der Waals surface area contributed by atoms with Crippen LogP contribution in [0.25, 0.3) is 22.0 Å². The third-order valence-corrected chi connectivity index (χ3v) is 8.28. The van der Waals surface area contributed by atoms with Crippen molar-refractivity contribution in [1.82, 2.24) is 19.2 Å². The van der Waals surface area contributed by atoms with Crippen LogP contribution < -0.4 is 0 Å². The molecule has 4 aromatic rings. The van der Waals surface area contributed by atoms with E-state index in [1.165, 1.54) is 28.5 Å². The van der Waals surface area contributed by atoms with Crippen LogP contribution in [0.3, 0.4) is 0 Å². The molecule has 2 aromatic carbocycles. The zero-order chi connectivity index (χ0) is 25.7. The summed E-state index contributed by atoms with van der Waals surface area (Å²) >= 11 is 0. The number of hydrogen-bond donors (Lipinski definition) is 0. The van der Waals surface area contributed by atoms with Gasteiger partial charge in [-0.15, -0.1) is 0 Å². The van der Waals surface area contributed by atoms with Crippen LogP contribution in [0.2, 0.25) is 0 Å². The molecule has 0 radical (unpaired) electrons. The Kier molecular flexibility index (Phi) is 7.59. The number of aromatic nitrogens is 3. The predicted molar refractivity (Wildman–Crippen MR) is 151 cm³/mol. The number of hydrogen-bond acceptors (Lipinski definition) is 3. The van der Waals surface area contributed by atoms with Gasteiger partial charge in [-0.25, -0.2) is 4.68 Å². The standard InChI is InChI=1S/C32H38N4O2/c37-31(10-6-9-25-7-2-1-3-8-25)34-17-14-26(15-18-34)23-35-19-16-28-21-27(12-13-30(28)35)29-22-33-36(24-29)32-11-4-5-20-38-32/h1-3,7-8,12-13,16,19,21-22,24,26,32H,4-6,9-11,14-15,17-18,20,23H2. The zero-order valence-corrected chi connectivity index (χ0v) is 22.2. The number of aryl methyl sites for hydroxylation is 1. The summed E-state index contributed by atoms with van der Waals surface area (Å²) < 4.78 is 10.3. The van der Waals surface area contributed by atoms with Crippen LogP contribution in [0.1, 0.15) is 56.7 Å². The van der Waals surface area contributed by atoms with Crippen LogP contribution >= 0.6 is 0 Å². The Labute approximate surface area is 225 Å². The van der Waals surface area contributed by atoms with Crippen LogP contribution in [-0.2, 0) is 22.5 Å². The fourth-order valence-electron chi connectivity index (χ4n) is 6.01. The lowest BCUT2D eigenvalue weighted by Crippen LogP contribution is -2.39. The van der Waals surface area contributed by atoms with Crippen molar-refractivity contribution in [3.8, 4) is 11.1 Å². The number of carbonyl (C=O) groups is 1.